The lowest BCUT2D eigenvalue weighted by molar-refractivity contribution is 0.601. The largest absolute Gasteiger partial charge is 0.271 e. The molecule has 94 valence electrons. The highest BCUT2D eigenvalue weighted by atomic mass is 19.1. The molecular weight excluding hydrogens is 229 g/mol. The number of aromatic nitrogens is 1. The molecule has 0 aliphatic carbocycles. The van der Waals surface area contributed by atoms with Crippen LogP contribution in [-0.2, 0) is 0 Å². The zero-order valence-corrected chi connectivity index (χ0v) is 10.4. The molecule has 4 heteroatoms. The summed E-state index contributed by atoms with van der Waals surface area (Å²) < 4.78 is 13.3. The Kier molecular flexibility index (Phi) is 3.69. The standard InChI is InChI=1S/C14H16FN3/c1-9-3-6-12(15)7-13(9)14(18-16)11-5-4-10(2)17-8-11/h3-8,14,18H,16H2,1-2H3. The summed E-state index contributed by atoms with van der Waals surface area (Å²) in [6.07, 6.45) is 1.75. The second-order valence-electron chi connectivity index (χ2n) is 4.33. The molecule has 1 unspecified atom stereocenters. The number of nitrogens with two attached hydrogens (primary N) is 1. The molecular formula is C14H16FN3. The molecule has 1 heterocycles. The van der Waals surface area contributed by atoms with Crippen LogP contribution in [0.25, 0.3) is 0 Å². The van der Waals surface area contributed by atoms with Gasteiger partial charge >= 0.3 is 0 Å². The molecule has 0 bridgehead atoms. The Balaban J connectivity index is 2.44. The molecule has 0 amide bonds. The fourth-order valence-electron chi connectivity index (χ4n) is 1.94. The van der Waals surface area contributed by atoms with Crippen LogP contribution in [0.3, 0.4) is 0 Å². The third-order valence-electron chi connectivity index (χ3n) is 2.99. The van der Waals surface area contributed by atoms with E-state index in [1.54, 1.807) is 12.3 Å². The number of halogens is 1. The molecule has 0 radical (unpaired) electrons. The molecule has 1 aromatic heterocycles. The zero-order valence-electron chi connectivity index (χ0n) is 10.4. The van der Waals surface area contributed by atoms with Gasteiger partial charge in [-0.05, 0) is 48.7 Å². The Morgan fingerprint density at radius 3 is 2.61 bits per heavy atom. The fraction of sp³-hybridized carbons (Fsp3) is 0.214. The van der Waals surface area contributed by atoms with E-state index in [1.807, 2.05) is 26.0 Å². The number of benzene rings is 1. The zero-order chi connectivity index (χ0) is 13.1. The minimum atomic E-state index is -0.268. The average Bonchev–Trinajstić information content (AvgIpc) is 2.37. The van der Waals surface area contributed by atoms with Gasteiger partial charge in [-0.1, -0.05) is 12.1 Å². The van der Waals surface area contributed by atoms with Crippen LogP contribution in [0.15, 0.2) is 36.5 Å². The number of hydrazine groups is 1. The van der Waals surface area contributed by atoms with Gasteiger partial charge < -0.3 is 0 Å². The number of nitrogens with one attached hydrogen (secondary N) is 1. The number of rotatable bonds is 3. The first-order valence-corrected chi connectivity index (χ1v) is 5.76. The first-order chi connectivity index (χ1) is 8.61. The van der Waals surface area contributed by atoms with Gasteiger partial charge in [-0.3, -0.25) is 10.8 Å². The van der Waals surface area contributed by atoms with E-state index in [9.17, 15) is 4.39 Å². The summed E-state index contributed by atoms with van der Waals surface area (Å²) in [5.74, 6) is 5.33. The van der Waals surface area contributed by atoms with E-state index in [1.165, 1.54) is 12.1 Å². The lowest BCUT2D eigenvalue weighted by atomic mass is 9.96. The van der Waals surface area contributed by atoms with E-state index in [0.29, 0.717) is 0 Å². The van der Waals surface area contributed by atoms with Crippen LogP contribution in [0.1, 0.15) is 28.4 Å². The number of aryl methyl sites for hydroxylation is 2. The molecule has 3 N–H and O–H groups in total. The average molecular weight is 245 g/mol. The van der Waals surface area contributed by atoms with Gasteiger partial charge in [0.1, 0.15) is 5.82 Å². The van der Waals surface area contributed by atoms with Crippen molar-refractivity contribution in [3.63, 3.8) is 0 Å². The molecule has 0 fully saturated rings. The van der Waals surface area contributed by atoms with Gasteiger partial charge in [0.05, 0.1) is 6.04 Å². The predicted octanol–water partition coefficient (Wildman–Crippen LogP) is 2.39. The molecule has 0 saturated heterocycles. The van der Waals surface area contributed by atoms with Crippen LogP contribution >= 0.6 is 0 Å². The van der Waals surface area contributed by atoms with E-state index in [0.717, 1.165) is 22.4 Å². The quantitative estimate of drug-likeness (QED) is 0.645. The maximum Gasteiger partial charge on any atom is 0.123 e. The van der Waals surface area contributed by atoms with Crippen molar-refractivity contribution in [3.05, 3.63) is 64.7 Å². The van der Waals surface area contributed by atoms with Crippen LogP contribution in [0.2, 0.25) is 0 Å². The maximum absolute atomic E-state index is 13.3. The lowest BCUT2D eigenvalue weighted by Gasteiger charge is -2.19. The molecule has 0 aliphatic rings. The fourth-order valence-corrected chi connectivity index (χ4v) is 1.94. The summed E-state index contributed by atoms with van der Waals surface area (Å²) in [6.45, 7) is 3.85. The smallest absolute Gasteiger partial charge is 0.123 e. The summed E-state index contributed by atoms with van der Waals surface area (Å²) in [5.41, 5.74) is 6.37. The van der Waals surface area contributed by atoms with Crippen molar-refractivity contribution < 1.29 is 4.39 Å². The Labute approximate surface area is 106 Å². The number of pyridine rings is 1. The van der Waals surface area contributed by atoms with E-state index in [4.69, 9.17) is 5.84 Å². The maximum atomic E-state index is 13.3. The second-order valence-corrected chi connectivity index (χ2v) is 4.33. The Morgan fingerprint density at radius 1 is 1.22 bits per heavy atom. The molecule has 3 nitrogen and oxygen atoms in total. The second kappa shape index (κ2) is 5.25. The first-order valence-electron chi connectivity index (χ1n) is 5.76. The molecule has 2 aromatic rings. The van der Waals surface area contributed by atoms with Crippen molar-refractivity contribution in [2.75, 3.05) is 0 Å². The summed E-state index contributed by atoms with van der Waals surface area (Å²) in [7, 11) is 0. The molecule has 0 aliphatic heterocycles. The third kappa shape index (κ3) is 2.55. The lowest BCUT2D eigenvalue weighted by Crippen LogP contribution is -2.29. The normalized spacial score (nSPS) is 12.4. The van der Waals surface area contributed by atoms with Crippen LogP contribution in [0, 0.1) is 19.7 Å². The third-order valence-corrected chi connectivity index (χ3v) is 2.99. The predicted molar refractivity (Wildman–Crippen MR) is 69.3 cm³/mol. The Bertz CT molecular complexity index is 537. The van der Waals surface area contributed by atoms with Gasteiger partial charge in [-0.25, -0.2) is 9.82 Å². The molecule has 2 rings (SSSR count). The highest BCUT2D eigenvalue weighted by Gasteiger charge is 2.15. The van der Waals surface area contributed by atoms with Gasteiger partial charge in [0.25, 0.3) is 0 Å². The number of nitrogens with zero attached hydrogens (tertiary/aromatic N) is 1. The van der Waals surface area contributed by atoms with E-state index in [-0.39, 0.29) is 11.9 Å². The monoisotopic (exact) mass is 245 g/mol. The summed E-state index contributed by atoms with van der Waals surface area (Å²) in [6, 6.07) is 8.29. The molecule has 1 aromatic carbocycles. The van der Waals surface area contributed by atoms with Crippen molar-refractivity contribution in [2.24, 2.45) is 5.84 Å². The van der Waals surface area contributed by atoms with Crippen molar-refractivity contribution in [1.29, 1.82) is 0 Å². The van der Waals surface area contributed by atoms with E-state index >= 15 is 0 Å². The van der Waals surface area contributed by atoms with Crippen LogP contribution in [-0.4, -0.2) is 4.98 Å². The highest BCUT2D eigenvalue weighted by molar-refractivity contribution is 5.36. The van der Waals surface area contributed by atoms with Gasteiger partial charge in [-0.2, -0.15) is 0 Å². The number of hydrogen-bond donors (Lipinski definition) is 2. The Morgan fingerprint density at radius 2 is 2.00 bits per heavy atom. The molecule has 0 spiro atoms. The minimum Gasteiger partial charge on any atom is -0.271 e. The summed E-state index contributed by atoms with van der Waals surface area (Å²) >= 11 is 0. The van der Waals surface area contributed by atoms with Gasteiger partial charge in [0.2, 0.25) is 0 Å². The molecule has 18 heavy (non-hydrogen) atoms. The summed E-state index contributed by atoms with van der Waals surface area (Å²) in [5, 5.41) is 0. The molecule has 0 saturated carbocycles. The number of hydrogen-bond acceptors (Lipinski definition) is 3. The van der Waals surface area contributed by atoms with Crippen molar-refractivity contribution >= 4 is 0 Å². The first kappa shape index (κ1) is 12.7. The van der Waals surface area contributed by atoms with E-state index < -0.39 is 0 Å². The summed E-state index contributed by atoms with van der Waals surface area (Å²) in [4.78, 5) is 4.24. The van der Waals surface area contributed by atoms with Gasteiger partial charge in [0.15, 0.2) is 0 Å². The highest BCUT2D eigenvalue weighted by Crippen LogP contribution is 2.24. The van der Waals surface area contributed by atoms with Crippen LogP contribution in [0.4, 0.5) is 4.39 Å². The van der Waals surface area contributed by atoms with Crippen LogP contribution in [0.5, 0.6) is 0 Å². The van der Waals surface area contributed by atoms with Crippen molar-refractivity contribution in [3.8, 4) is 0 Å². The topological polar surface area (TPSA) is 50.9 Å². The minimum absolute atomic E-state index is 0.256. The van der Waals surface area contributed by atoms with E-state index in [2.05, 4.69) is 10.4 Å². The SMILES string of the molecule is Cc1ccc(C(NN)c2cc(F)ccc2C)cn1. The van der Waals surface area contributed by atoms with Crippen molar-refractivity contribution in [1.82, 2.24) is 10.4 Å². The molecule has 1 atom stereocenters. The van der Waals surface area contributed by atoms with Crippen molar-refractivity contribution in [2.45, 2.75) is 19.9 Å². The van der Waals surface area contributed by atoms with Crippen LogP contribution < -0.4 is 11.3 Å². The van der Waals surface area contributed by atoms with Gasteiger partial charge in [0, 0.05) is 11.9 Å². The van der Waals surface area contributed by atoms with Gasteiger partial charge in [-0.15, -0.1) is 0 Å². The Hall–Kier alpha value is -1.78.